The monoisotopic (exact) mass is 356 g/mol. The summed E-state index contributed by atoms with van der Waals surface area (Å²) in [5.74, 6) is -2.62. The number of tetrazole rings is 3. The van der Waals surface area contributed by atoms with Gasteiger partial charge in [0.15, 0.2) is 0 Å². The Morgan fingerprint density at radius 3 is 1.16 bits per heavy atom. The van der Waals surface area contributed by atoms with Crippen LogP contribution in [0.1, 0.15) is 0 Å². The van der Waals surface area contributed by atoms with Gasteiger partial charge in [0.1, 0.15) is 15.6 Å². The molecule has 0 amide bonds. The first kappa shape index (κ1) is 15.1. The van der Waals surface area contributed by atoms with Crippen LogP contribution in [0.3, 0.4) is 0 Å². The molecular weight excluding hydrogens is 356 g/mol. The fourth-order valence-electron chi connectivity index (χ4n) is 1.52. The Bertz CT molecular complexity index is 840. The Hall–Kier alpha value is -4.79. The smallest absolute Gasteiger partial charge is 0.331 e. The van der Waals surface area contributed by atoms with E-state index in [0.29, 0.717) is 4.90 Å². The van der Waals surface area contributed by atoms with E-state index in [1.165, 1.54) is 0 Å². The summed E-state index contributed by atoms with van der Waals surface area (Å²) in [4.78, 5) is 33.1. The number of nitrogens with zero attached hydrogens (tertiary/aromatic N) is 16. The van der Waals surface area contributed by atoms with Gasteiger partial charge in [-0.25, -0.2) is 0 Å². The van der Waals surface area contributed by atoms with Crippen LogP contribution in [0.4, 0.5) is 17.8 Å². The number of nitro groups is 3. The first-order chi connectivity index (χ1) is 11.9. The van der Waals surface area contributed by atoms with Gasteiger partial charge in [0.2, 0.25) is 15.6 Å². The Kier molecular flexibility index (Phi) is 3.29. The molecule has 0 aliphatic carbocycles. The third-order valence-electron chi connectivity index (χ3n) is 2.38. The second-order valence-electron chi connectivity index (χ2n) is 3.65. The zero-order valence-electron chi connectivity index (χ0n) is 11.1. The zero-order chi connectivity index (χ0) is 18.1. The van der Waals surface area contributed by atoms with E-state index in [1.807, 2.05) is 0 Å². The van der Waals surface area contributed by atoms with Gasteiger partial charge in [-0.2, -0.15) is 4.90 Å². The van der Waals surface area contributed by atoms with E-state index in [2.05, 4.69) is 46.6 Å². The van der Waals surface area contributed by atoms with Crippen molar-refractivity contribution in [2.45, 2.75) is 0 Å². The second-order valence-corrected chi connectivity index (χ2v) is 3.65. The average molecular weight is 356 g/mol. The van der Waals surface area contributed by atoms with Crippen LogP contribution < -0.4 is 4.90 Å². The predicted octanol–water partition coefficient (Wildman–Crippen LogP) is -3.76. The summed E-state index contributed by atoms with van der Waals surface area (Å²) < 4.78 is 0. The predicted molar refractivity (Wildman–Crippen MR) is 62.4 cm³/mol. The van der Waals surface area contributed by atoms with Crippen LogP contribution >= 0.6 is 0 Å². The van der Waals surface area contributed by atoms with Crippen molar-refractivity contribution in [1.82, 2.24) is 60.9 Å². The Morgan fingerprint density at radius 1 is 0.640 bits per heavy atom. The van der Waals surface area contributed by atoms with Gasteiger partial charge in [-0.15, -0.1) is 0 Å². The van der Waals surface area contributed by atoms with Crippen molar-refractivity contribution in [2.75, 3.05) is 4.90 Å². The van der Waals surface area contributed by atoms with E-state index >= 15 is 0 Å². The molecule has 3 aromatic heterocycles. The fraction of sp³-hybridized carbons (Fsp3) is 0. The van der Waals surface area contributed by atoms with Crippen molar-refractivity contribution in [1.29, 1.82) is 0 Å². The van der Waals surface area contributed by atoms with Gasteiger partial charge >= 0.3 is 17.8 Å². The van der Waals surface area contributed by atoms with Crippen LogP contribution in [0.2, 0.25) is 0 Å². The minimum Gasteiger partial charge on any atom is -0.339 e. The summed E-state index contributed by atoms with van der Waals surface area (Å²) in [6, 6.07) is 0. The lowest BCUT2D eigenvalue weighted by molar-refractivity contribution is -0.554. The molecule has 128 valence electrons. The molecule has 3 aromatic rings. The Balaban J connectivity index is 2.29. The normalized spacial score (nSPS) is 10.6. The quantitative estimate of drug-likeness (QED) is 0.303. The van der Waals surface area contributed by atoms with E-state index < -0.39 is 32.9 Å². The third-order valence-corrected chi connectivity index (χ3v) is 2.38. The average Bonchev–Trinajstić information content (AvgIpc) is 3.28. The second kappa shape index (κ2) is 5.44. The van der Waals surface area contributed by atoms with Gasteiger partial charge in [-0.05, 0) is 0 Å². The molecule has 0 unspecified atom stereocenters. The van der Waals surface area contributed by atoms with E-state index in [9.17, 15) is 30.3 Å². The Labute approximate surface area is 130 Å². The summed E-state index contributed by atoms with van der Waals surface area (Å²) in [5, 5.41) is 57.5. The minimum absolute atomic E-state index is 0.0576. The van der Waals surface area contributed by atoms with Gasteiger partial charge in [-0.3, -0.25) is 0 Å². The molecule has 0 radical (unpaired) electrons. The fourth-order valence-corrected chi connectivity index (χ4v) is 1.52. The maximum atomic E-state index is 11.0. The summed E-state index contributed by atoms with van der Waals surface area (Å²) in [6.07, 6.45) is 0. The lowest BCUT2D eigenvalue weighted by atomic mass is 10.7. The molecule has 0 aliphatic heterocycles. The van der Waals surface area contributed by atoms with Crippen LogP contribution in [-0.4, -0.2) is 76.0 Å². The van der Waals surface area contributed by atoms with Crippen LogP contribution in [0.5, 0.6) is 0 Å². The molecule has 0 saturated carbocycles. The molecule has 22 nitrogen and oxygen atoms in total. The highest BCUT2D eigenvalue weighted by molar-refractivity contribution is 5.60. The molecule has 25 heavy (non-hydrogen) atoms. The van der Waals surface area contributed by atoms with Crippen molar-refractivity contribution in [3.05, 3.63) is 30.3 Å². The van der Waals surface area contributed by atoms with E-state index in [-0.39, 0.29) is 14.4 Å². The molecule has 0 atom stereocenters. The minimum atomic E-state index is -1.12. The highest BCUT2D eigenvalue weighted by atomic mass is 16.7. The molecule has 0 aliphatic rings. The molecule has 0 aromatic carbocycles. The molecular formula is C3N16O6. The van der Waals surface area contributed by atoms with Gasteiger partial charge in [0, 0.05) is 0 Å². The van der Waals surface area contributed by atoms with Crippen LogP contribution in [-0.2, 0) is 0 Å². The highest BCUT2D eigenvalue weighted by Gasteiger charge is 2.39. The summed E-state index contributed by atoms with van der Waals surface area (Å²) >= 11 is 0. The molecule has 22 heteroatoms. The molecule has 0 bridgehead atoms. The van der Waals surface area contributed by atoms with Gasteiger partial charge < -0.3 is 30.3 Å². The Morgan fingerprint density at radius 2 is 0.920 bits per heavy atom. The number of hydrogen-bond acceptors (Lipinski definition) is 16. The SMILES string of the molecule is O=[N+]([O-])n1nnnc1N(c1nnnn1[N+](=O)[O-])c1nnnn1[N+](=O)[O-]. The molecule has 0 fully saturated rings. The van der Waals surface area contributed by atoms with Crippen LogP contribution in [0.25, 0.3) is 0 Å². The summed E-state index contributed by atoms with van der Waals surface area (Å²) in [5.41, 5.74) is 0. The maximum absolute atomic E-state index is 11.0. The van der Waals surface area contributed by atoms with Crippen LogP contribution in [0.15, 0.2) is 0 Å². The number of aromatic nitrogens is 12. The lowest BCUT2D eigenvalue weighted by Gasteiger charge is -2.12. The largest absolute Gasteiger partial charge is 0.339 e. The zero-order valence-corrected chi connectivity index (χ0v) is 11.1. The van der Waals surface area contributed by atoms with Crippen molar-refractivity contribution in [3.63, 3.8) is 0 Å². The van der Waals surface area contributed by atoms with Crippen molar-refractivity contribution in [2.24, 2.45) is 0 Å². The molecule has 3 rings (SSSR count). The van der Waals surface area contributed by atoms with E-state index in [1.54, 1.807) is 0 Å². The molecule has 3 heterocycles. The standard InChI is InChI=1S/C3N16O6/c20-17(21)14-1(4-7-10-14)13(2-5-8-11-15(2)18(22)23)3-6-9-12-16(3)19(24)25. The van der Waals surface area contributed by atoms with Crippen molar-refractivity contribution >= 4 is 17.8 Å². The van der Waals surface area contributed by atoms with E-state index in [0.717, 1.165) is 0 Å². The number of rotatable bonds is 6. The molecule has 0 spiro atoms. The molecule has 0 saturated heterocycles. The van der Waals surface area contributed by atoms with Gasteiger partial charge in [0.05, 0.1) is 29.5 Å². The number of hydrogen-bond donors (Lipinski definition) is 0. The highest BCUT2D eigenvalue weighted by Crippen LogP contribution is 2.27. The van der Waals surface area contributed by atoms with Gasteiger partial charge in [0.25, 0.3) is 0 Å². The summed E-state index contributed by atoms with van der Waals surface area (Å²) in [6.45, 7) is 0. The third kappa shape index (κ3) is 2.35. The first-order valence-corrected chi connectivity index (χ1v) is 5.51. The summed E-state index contributed by atoms with van der Waals surface area (Å²) in [7, 11) is 0. The van der Waals surface area contributed by atoms with Crippen molar-refractivity contribution < 1.29 is 15.1 Å². The van der Waals surface area contributed by atoms with Crippen LogP contribution in [0, 0.1) is 30.3 Å². The topological polar surface area (TPSA) is 263 Å². The van der Waals surface area contributed by atoms with Gasteiger partial charge in [-0.1, -0.05) is 15.3 Å². The van der Waals surface area contributed by atoms with E-state index in [4.69, 9.17) is 0 Å². The maximum Gasteiger partial charge on any atom is 0.331 e. The molecule has 0 N–H and O–H groups in total. The van der Waals surface area contributed by atoms with Crippen molar-refractivity contribution in [3.8, 4) is 0 Å². The number of anilines is 3. The lowest BCUT2D eigenvalue weighted by Crippen LogP contribution is -2.29. The first-order valence-electron chi connectivity index (χ1n) is 5.51.